The van der Waals surface area contributed by atoms with Crippen molar-refractivity contribution < 1.29 is 49.0 Å². The van der Waals surface area contributed by atoms with Crippen LogP contribution in [0.15, 0.2) is 47.6 Å². The molecule has 0 saturated heterocycles. The Hall–Kier alpha value is -0.747. The molecule has 2 aromatic rings. The molecule has 0 N–H and O–H groups in total. The van der Waals surface area contributed by atoms with E-state index in [9.17, 15) is 0 Å². The summed E-state index contributed by atoms with van der Waals surface area (Å²) in [6.07, 6.45) is 7.65. The molecule has 0 aromatic heterocycles. The molecular formula is C34H46Cl2Zr-2. The monoisotopic (exact) mass is 614 g/mol. The largest absolute Gasteiger partial charge is 1.00 e. The van der Waals surface area contributed by atoms with Crippen LogP contribution < -0.4 is 24.8 Å². The summed E-state index contributed by atoms with van der Waals surface area (Å²) < 4.78 is 1.51. The maximum Gasteiger partial charge on any atom is -1.00 e. The normalized spacial score (nSPS) is 13.8. The molecule has 0 radical (unpaired) electrons. The summed E-state index contributed by atoms with van der Waals surface area (Å²) >= 11 is 1.55. The van der Waals surface area contributed by atoms with Crippen LogP contribution in [0, 0.1) is 17.6 Å². The van der Waals surface area contributed by atoms with Crippen molar-refractivity contribution in [2.75, 3.05) is 0 Å². The molecule has 0 fully saturated rings. The number of hydrogen-bond donors (Lipinski definition) is 0. The zero-order valence-corrected chi connectivity index (χ0v) is 29.1. The van der Waals surface area contributed by atoms with Gasteiger partial charge in [-0.2, -0.15) is 35.4 Å². The summed E-state index contributed by atoms with van der Waals surface area (Å²) in [5.74, 6) is 0. The summed E-state index contributed by atoms with van der Waals surface area (Å²) in [6.45, 7) is 26.8. The van der Waals surface area contributed by atoms with Crippen LogP contribution in [0.3, 0.4) is 0 Å². The Kier molecular flexibility index (Phi) is 13.8. The van der Waals surface area contributed by atoms with Crippen LogP contribution in [0.1, 0.15) is 112 Å². The van der Waals surface area contributed by atoms with E-state index < -0.39 is 0 Å². The minimum Gasteiger partial charge on any atom is -1.00 e. The number of halogens is 2. The number of benzene rings is 2. The van der Waals surface area contributed by atoms with Gasteiger partial charge in [0.15, 0.2) is 0 Å². The average molecular weight is 617 g/mol. The molecule has 0 bridgehead atoms. The summed E-state index contributed by atoms with van der Waals surface area (Å²) in [6, 6.07) is 15.1. The molecule has 2 aromatic carbocycles. The third-order valence-corrected chi connectivity index (χ3v) is 6.36. The minimum atomic E-state index is 0. The Bertz CT molecular complexity index is 1060. The van der Waals surface area contributed by atoms with Crippen LogP contribution in [-0.4, -0.2) is 3.21 Å². The van der Waals surface area contributed by atoms with Gasteiger partial charge in [0.05, 0.1) is 0 Å². The van der Waals surface area contributed by atoms with Gasteiger partial charge in [-0.25, -0.2) is 11.1 Å². The van der Waals surface area contributed by atoms with Gasteiger partial charge in [0.2, 0.25) is 0 Å². The molecule has 0 atom stereocenters. The summed E-state index contributed by atoms with van der Waals surface area (Å²) in [5, 5.41) is 0. The van der Waals surface area contributed by atoms with E-state index in [0.717, 1.165) is 12.8 Å². The standard InChI is InChI=1S/C21H25.C10H15.C3H6.2ClH.Zr/c1-20(2,3)16-9-7-14-11-15-8-10-17(21(4,5)6)13-19(15)18(14)12-16;1-8-6-5-7-9(8)10(2,3)4;1-3-2;;;/h7,9-10,12-13H,11H2,1-6H3;6H,5H2,1-4H3;1-2H3;2*1H;/q2*-1;;;;+2/p-2. The molecule has 4 rings (SSSR count). The average Bonchev–Trinajstić information content (AvgIpc) is 3.28. The molecule has 3 heteroatoms. The van der Waals surface area contributed by atoms with Gasteiger partial charge in [0, 0.05) is 0 Å². The molecule has 0 unspecified atom stereocenters. The molecule has 0 spiro atoms. The van der Waals surface area contributed by atoms with Gasteiger partial charge in [0.1, 0.15) is 0 Å². The second-order valence-corrected chi connectivity index (χ2v) is 15.7. The van der Waals surface area contributed by atoms with Crippen molar-refractivity contribution in [1.29, 1.82) is 0 Å². The summed E-state index contributed by atoms with van der Waals surface area (Å²) in [4.78, 5) is 0. The van der Waals surface area contributed by atoms with E-state index in [1.54, 1.807) is 24.2 Å². The molecule has 2 aliphatic carbocycles. The summed E-state index contributed by atoms with van der Waals surface area (Å²) in [7, 11) is 0. The number of fused-ring (bicyclic) bond motifs is 3. The third-order valence-electron chi connectivity index (χ3n) is 6.36. The van der Waals surface area contributed by atoms with E-state index in [1.807, 2.05) is 0 Å². The Balaban J connectivity index is 0.000000684. The molecule has 2 aliphatic rings. The van der Waals surface area contributed by atoms with Crippen LogP contribution in [0.5, 0.6) is 0 Å². The maximum atomic E-state index is 3.53. The van der Waals surface area contributed by atoms with Gasteiger partial charge >= 0.3 is 41.3 Å². The van der Waals surface area contributed by atoms with E-state index in [1.165, 1.54) is 47.7 Å². The van der Waals surface area contributed by atoms with Crippen molar-refractivity contribution in [2.24, 2.45) is 5.41 Å². The van der Waals surface area contributed by atoms with Gasteiger partial charge in [-0.1, -0.05) is 97.1 Å². The number of allylic oxidation sites excluding steroid dienone is 4. The van der Waals surface area contributed by atoms with Crippen molar-refractivity contribution >= 4 is 3.21 Å². The third kappa shape index (κ3) is 10.4. The second-order valence-electron chi connectivity index (χ2n) is 13.2. The number of hydrogen-bond acceptors (Lipinski definition) is 0. The fourth-order valence-electron chi connectivity index (χ4n) is 4.39. The van der Waals surface area contributed by atoms with Crippen LogP contribution in [-0.2, 0) is 41.5 Å². The van der Waals surface area contributed by atoms with Crippen LogP contribution in [0.2, 0.25) is 0 Å². The molecule has 37 heavy (non-hydrogen) atoms. The van der Waals surface area contributed by atoms with Gasteiger partial charge in [-0.15, -0.1) is 18.9 Å². The minimum absolute atomic E-state index is 0. The zero-order chi connectivity index (χ0) is 26.8. The maximum absolute atomic E-state index is 3.53. The Morgan fingerprint density at radius 2 is 1.30 bits per heavy atom. The quantitative estimate of drug-likeness (QED) is 0.340. The van der Waals surface area contributed by atoms with Crippen molar-refractivity contribution in [3.63, 3.8) is 0 Å². The fourth-order valence-corrected chi connectivity index (χ4v) is 4.39. The van der Waals surface area contributed by atoms with Crippen molar-refractivity contribution in [3.05, 3.63) is 82.0 Å². The first-order valence-corrected chi connectivity index (χ1v) is 14.1. The van der Waals surface area contributed by atoms with E-state index in [-0.39, 0.29) is 41.1 Å². The Morgan fingerprint density at radius 3 is 1.70 bits per heavy atom. The van der Waals surface area contributed by atoms with Crippen LogP contribution in [0.4, 0.5) is 0 Å². The van der Waals surface area contributed by atoms with Crippen molar-refractivity contribution in [3.8, 4) is 11.1 Å². The van der Waals surface area contributed by atoms with Gasteiger partial charge in [-0.05, 0) is 22.8 Å². The Labute approximate surface area is 256 Å². The first-order valence-electron chi connectivity index (χ1n) is 12.9. The molecule has 0 saturated carbocycles. The first-order chi connectivity index (χ1) is 15.9. The van der Waals surface area contributed by atoms with E-state index >= 15 is 0 Å². The summed E-state index contributed by atoms with van der Waals surface area (Å²) in [5.41, 5.74) is 11.9. The fraction of sp³-hybridized carbons (Fsp3) is 0.500. The molecule has 0 aliphatic heterocycles. The van der Waals surface area contributed by atoms with Gasteiger partial charge in [0.25, 0.3) is 0 Å². The van der Waals surface area contributed by atoms with Crippen molar-refractivity contribution in [2.45, 2.75) is 107 Å². The molecule has 0 nitrogen and oxygen atoms in total. The van der Waals surface area contributed by atoms with Gasteiger partial charge in [-0.3, -0.25) is 6.08 Å². The van der Waals surface area contributed by atoms with E-state index in [0.29, 0.717) is 0 Å². The topological polar surface area (TPSA) is 0 Å². The van der Waals surface area contributed by atoms with Crippen LogP contribution in [0.25, 0.3) is 11.1 Å². The SMILES string of the molecule is CC(C)(C)c1c[c-]c2c(c1)-c1cc(C(C)(C)C)ccc1C2.CC1=CC[C-]=C1C(C)(C)C.C[C](C)=[Zr+2].[Cl-].[Cl-]. The zero-order valence-electron chi connectivity index (χ0n) is 25.1. The van der Waals surface area contributed by atoms with Crippen LogP contribution >= 0.6 is 0 Å². The molecule has 202 valence electrons. The predicted octanol–water partition coefficient (Wildman–Crippen LogP) is 3.52. The molecule has 0 amide bonds. The second kappa shape index (κ2) is 14.1. The molecular weight excluding hydrogens is 571 g/mol. The smallest absolute Gasteiger partial charge is 1.00 e. The Morgan fingerprint density at radius 1 is 0.784 bits per heavy atom. The molecule has 0 heterocycles. The number of rotatable bonds is 0. The predicted molar refractivity (Wildman–Crippen MR) is 152 cm³/mol. The van der Waals surface area contributed by atoms with E-state index in [4.69, 9.17) is 0 Å². The first kappa shape index (κ1) is 36.3. The van der Waals surface area contributed by atoms with Gasteiger partial charge < -0.3 is 24.8 Å². The van der Waals surface area contributed by atoms with E-state index in [2.05, 4.69) is 132 Å². The van der Waals surface area contributed by atoms with Crippen molar-refractivity contribution in [1.82, 2.24) is 0 Å².